The monoisotopic (exact) mass is 338 g/mol. The zero-order chi connectivity index (χ0) is 17.4. The van der Waals surface area contributed by atoms with Crippen LogP contribution in [0.4, 0.5) is 5.69 Å². The first kappa shape index (κ1) is 15.9. The molecule has 1 N–H and O–H groups in total. The van der Waals surface area contributed by atoms with E-state index in [2.05, 4.69) is 28.6 Å². The molecule has 6 nitrogen and oxygen atoms in total. The molecule has 3 aromatic rings. The first-order chi connectivity index (χ1) is 12.1. The van der Waals surface area contributed by atoms with E-state index in [4.69, 9.17) is 9.40 Å². The van der Waals surface area contributed by atoms with Crippen molar-refractivity contribution >= 4 is 22.6 Å². The predicted octanol–water partition coefficient (Wildman–Crippen LogP) is 3.35. The third kappa shape index (κ3) is 3.17. The van der Waals surface area contributed by atoms with Crippen molar-refractivity contribution in [1.82, 2.24) is 14.5 Å². The normalized spacial score (nSPS) is 14.8. The number of fused-ring (bicyclic) bond motifs is 3. The van der Waals surface area contributed by atoms with Gasteiger partial charge in [0.05, 0.1) is 23.8 Å². The van der Waals surface area contributed by atoms with Gasteiger partial charge >= 0.3 is 0 Å². The smallest absolute Gasteiger partial charge is 0.291 e. The molecule has 0 atom stereocenters. The van der Waals surface area contributed by atoms with Crippen LogP contribution in [0.2, 0.25) is 0 Å². The average Bonchev–Trinajstić information content (AvgIpc) is 3.21. The van der Waals surface area contributed by atoms with Crippen molar-refractivity contribution in [2.75, 3.05) is 18.4 Å². The van der Waals surface area contributed by atoms with Gasteiger partial charge in [0.1, 0.15) is 5.82 Å². The highest BCUT2D eigenvalue weighted by molar-refractivity contribution is 6.03. The summed E-state index contributed by atoms with van der Waals surface area (Å²) in [7, 11) is 0. The summed E-state index contributed by atoms with van der Waals surface area (Å²) in [6, 6.07) is 9.21. The van der Waals surface area contributed by atoms with E-state index in [1.54, 1.807) is 12.1 Å². The average molecular weight is 338 g/mol. The highest BCUT2D eigenvalue weighted by atomic mass is 16.3. The lowest BCUT2D eigenvalue weighted by Gasteiger charge is -2.29. The molecule has 1 aromatic carbocycles. The summed E-state index contributed by atoms with van der Waals surface area (Å²) >= 11 is 0. The Morgan fingerprint density at radius 2 is 2.20 bits per heavy atom. The molecule has 0 fully saturated rings. The highest BCUT2D eigenvalue weighted by Gasteiger charge is 2.20. The number of carbonyl (C=O) groups is 1. The fourth-order valence-corrected chi connectivity index (χ4v) is 3.42. The predicted molar refractivity (Wildman–Crippen MR) is 96.5 cm³/mol. The number of benzene rings is 1. The van der Waals surface area contributed by atoms with Crippen LogP contribution in [0.1, 0.15) is 30.2 Å². The third-order valence-corrected chi connectivity index (χ3v) is 4.46. The molecule has 1 amide bonds. The maximum Gasteiger partial charge on any atom is 0.291 e. The van der Waals surface area contributed by atoms with E-state index in [0.29, 0.717) is 11.7 Å². The highest BCUT2D eigenvalue weighted by Crippen LogP contribution is 2.24. The van der Waals surface area contributed by atoms with Crippen molar-refractivity contribution in [2.45, 2.75) is 26.9 Å². The van der Waals surface area contributed by atoms with E-state index in [-0.39, 0.29) is 5.91 Å². The molecule has 0 saturated carbocycles. The van der Waals surface area contributed by atoms with Crippen LogP contribution in [-0.4, -0.2) is 33.4 Å². The van der Waals surface area contributed by atoms with Crippen LogP contribution < -0.4 is 5.32 Å². The minimum atomic E-state index is -0.253. The second-order valence-electron chi connectivity index (χ2n) is 6.94. The van der Waals surface area contributed by atoms with E-state index in [1.165, 1.54) is 6.26 Å². The second kappa shape index (κ2) is 6.37. The van der Waals surface area contributed by atoms with Crippen LogP contribution >= 0.6 is 0 Å². The molecule has 0 bridgehead atoms. The maximum absolute atomic E-state index is 12.1. The fourth-order valence-electron chi connectivity index (χ4n) is 3.42. The summed E-state index contributed by atoms with van der Waals surface area (Å²) < 4.78 is 7.41. The van der Waals surface area contributed by atoms with Gasteiger partial charge in [0.2, 0.25) is 0 Å². The van der Waals surface area contributed by atoms with Gasteiger partial charge in [-0.25, -0.2) is 4.98 Å². The zero-order valence-corrected chi connectivity index (χ0v) is 14.5. The van der Waals surface area contributed by atoms with Gasteiger partial charge in [-0.2, -0.15) is 0 Å². The van der Waals surface area contributed by atoms with Crippen LogP contribution in [0.25, 0.3) is 11.0 Å². The Bertz CT molecular complexity index is 896. The van der Waals surface area contributed by atoms with Crippen molar-refractivity contribution in [3.05, 3.63) is 48.2 Å². The summed E-state index contributed by atoms with van der Waals surface area (Å²) in [5.74, 6) is 1.79. The van der Waals surface area contributed by atoms with E-state index in [0.717, 1.165) is 48.7 Å². The number of aromatic nitrogens is 2. The van der Waals surface area contributed by atoms with E-state index < -0.39 is 0 Å². The van der Waals surface area contributed by atoms with E-state index >= 15 is 0 Å². The molecule has 25 heavy (non-hydrogen) atoms. The number of anilines is 1. The number of nitrogens with zero attached hydrogens (tertiary/aromatic N) is 3. The van der Waals surface area contributed by atoms with Gasteiger partial charge in [0.15, 0.2) is 5.76 Å². The Morgan fingerprint density at radius 3 is 2.96 bits per heavy atom. The van der Waals surface area contributed by atoms with Gasteiger partial charge in [0, 0.05) is 25.3 Å². The fraction of sp³-hybridized carbons (Fsp3) is 0.368. The molecule has 2 aromatic heterocycles. The van der Waals surface area contributed by atoms with Crippen molar-refractivity contribution in [1.29, 1.82) is 0 Å². The van der Waals surface area contributed by atoms with Gasteiger partial charge in [-0.1, -0.05) is 13.8 Å². The zero-order valence-electron chi connectivity index (χ0n) is 14.5. The Kier molecular flexibility index (Phi) is 4.05. The van der Waals surface area contributed by atoms with Crippen LogP contribution in [0.15, 0.2) is 41.0 Å². The number of carbonyl (C=O) groups excluding carboxylic acids is 1. The van der Waals surface area contributed by atoms with Crippen LogP contribution in [0.5, 0.6) is 0 Å². The van der Waals surface area contributed by atoms with Gasteiger partial charge in [0.25, 0.3) is 5.91 Å². The molecule has 3 heterocycles. The van der Waals surface area contributed by atoms with E-state index in [1.807, 2.05) is 18.2 Å². The number of amides is 1. The Labute approximate surface area is 146 Å². The lowest BCUT2D eigenvalue weighted by Crippen LogP contribution is -2.36. The molecule has 0 spiro atoms. The number of nitrogens with one attached hydrogen (secondary N) is 1. The van der Waals surface area contributed by atoms with E-state index in [9.17, 15) is 4.79 Å². The Morgan fingerprint density at radius 1 is 1.32 bits per heavy atom. The Balaban J connectivity index is 1.57. The molecule has 0 radical (unpaired) electrons. The Hall–Kier alpha value is -2.60. The lowest BCUT2D eigenvalue weighted by molar-refractivity contribution is 0.0996. The van der Waals surface area contributed by atoms with Crippen molar-refractivity contribution in [2.24, 2.45) is 5.92 Å². The summed E-state index contributed by atoms with van der Waals surface area (Å²) in [4.78, 5) is 19.4. The third-order valence-electron chi connectivity index (χ3n) is 4.46. The number of imidazole rings is 1. The minimum absolute atomic E-state index is 0.253. The van der Waals surface area contributed by atoms with Gasteiger partial charge in [-0.3, -0.25) is 9.69 Å². The molecule has 0 aliphatic carbocycles. The van der Waals surface area contributed by atoms with Crippen molar-refractivity contribution in [3.63, 3.8) is 0 Å². The largest absolute Gasteiger partial charge is 0.459 e. The van der Waals surface area contributed by atoms with Gasteiger partial charge in [-0.15, -0.1) is 0 Å². The second-order valence-corrected chi connectivity index (χ2v) is 6.94. The molecule has 0 unspecified atom stereocenters. The van der Waals surface area contributed by atoms with Crippen LogP contribution in [0, 0.1) is 5.92 Å². The summed E-state index contributed by atoms with van der Waals surface area (Å²) in [6.45, 7) is 8.45. The molecule has 0 saturated heterocycles. The number of hydrogen-bond acceptors (Lipinski definition) is 4. The lowest BCUT2D eigenvalue weighted by atomic mass is 10.2. The molecule has 130 valence electrons. The first-order valence-electron chi connectivity index (χ1n) is 8.66. The molecule has 6 heteroatoms. The molecule has 4 rings (SSSR count). The van der Waals surface area contributed by atoms with Crippen molar-refractivity contribution < 1.29 is 9.21 Å². The van der Waals surface area contributed by atoms with Gasteiger partial charge < -0.3 is 14.3 Å². The topological polar surface area (TPSA) is 63.3 Å². The van der Waals surface area contributed by atoms with Crippen LogP contribution in [-0.2, 0) is 13.1 Å². The minimum Gasteiger partial charge on any atom is -0.459 e. The number of hydrogen-bond donors (Lipinski definition) is 1. The maximum atomic E-state index is 12.1. The van der Waals surface area contributed by atoms with Gasteiger partial charge in [-0.05, 0) is 36.2 Å². The molecular weight excluding hydrogens is 316 g/mol. The number of furan rings is 1. The van der Waals surface area contributed by atoms with Crippen molar-refractivity contribution in [3.8, 4) is 0 Å². The van der Waals surface area contributed by atoms with Crippen LogP contribution in [0.3, 0.4) is 0 Å². The number of rotatable bonds is 4. The first-order valence-corrected chi connectivity index (χ1v) is 8.66. The molecular formula is C19H22N4O2. The summed E-state index contributed by atoms with van der Waals surface area (Å²) in [5, 5.41) is 2.86. The molecule has 1 aliphatic heterocycles. The SMILES string of the molecule is CC(C)CN1CCn2c(nc3cc(NC(=O)c4ccco4)ccc32)C1. The summed E-state index contributed by atoms with van der Waals surface area (Å²) in [5.41, 5.74) is 2.76. The summed E-state index contributed by atoms with van der Waals surface area (Å²) in [6.07, 6.45) is 1.49. The standard InChI is InChI=1S/C19H22N4O2/c1-13(2)11-22-7-8-23-16-6-5-14(10-15(16)21-18(23)12-22)20-19(24)17-4-3-9-25-17/h3-6,9-10,13H,7-8,11-12H2,1-2H3,(H,20,24). The quantitative estimate of drug-likeness (QED) is 0.792. The molecule has 1 aliphatic rings.